The quantitative estimate of drug-likeness (QED) is 0.797. The van der Waals surface area contributed by atoms with Crippen LogP contribution in [0.15, 0.2) is 18.2 Å². The smallest absolute Gasteiger partial charge is 0.0208 e. The molecule has 18 heavy (non-hydrogen) atoms. The van der Waals surface area contributed by atoms with Gasteiger partial charge in [-0.3, -0.25) is 0 Å². The van der Waals surface area contributed by atoms with E-state index in [1.807, 2.05) is 0 Å². The first kappa shape index (κ1) is 15.2. The topological polar surface area (TPSA) is 15.3 Å². The van der Waals surface area contributed by atoms with E-state index in [0.29, 0.717) is 6.04 Å². The average Bonchev–Trinajstić information content (AvgIpc) is 2.32. The SMILES string of the molecule is CCN(CC)CC(C)NCc1cc(C)cc(C)c1. The molecule has 0 bridgehead atoms. The van der Waals surface area contributed by atoms with Crippen molar-refractivity contribution < 1.29 is 0 Å². The lowest BCUT2D eigenvalue weighted by molar-refractivity contribution is 0.270. The highest BCUT2D eigenvalue weighted by atomic mass is 15.1. The molecule has 0 radical (unpaired) electrons. The van der Waals surface area contributed by atoms with Crippen molar-refractivity contribution in [3.8, 4) is 0 Å². The molecule has 1 aromatic carbocycles. The van der Waals surface area contributed by atoms with Crippen molar-refractivity contribution in [3.63, 3.8) is 0 Å². The number of rotatable bonds is 7. The third-order valence-electron chi connectivity index (χ3n) is 3.36. The van der Waals surface area contributed by atoms with Gasteiger partial charge in [0, 0.05) is 19.1 Å². The van der Waals surface area contributed by atoms with Gasteiger partial charge in [-0.1, -0.05) is 43.2 Å². The molecule has 102 valence electrons. The lowest BCUT2D eigenvalue weighted by Crippen LogP contribution is -2.38. The van der Waals surface area contributed by atoms with Crippen LogP contribution in [-0.4, -0.2) is 30.6 Å². The van der Waals surface area contributed by atoms with Crippen molar-refractivity contribution in [2.75, 3.05) is 19.6 Å². The van der Waals surface area contributed by atoms with E-state index >= 15 is 0 Å². The molecule has 1 rings (SSSR count). The molecule has 2 heteroatoms. The Balaban J connectivity index is 2.44. The maximum absolute atomic E-state index is 3.61. The maximum atomic E-state index is 3.61. The molecule has 1 atom stereocenters. The average molecular weight is 248 g/mol. The maximum Gasteiger partial charge on any atom is 0.0208 e. The molecular formula is C16H28N2. The summed E-state index contributed by atoms with van der Waals surface area (Å²) in [5.41, 5.74) is 4.09. The number of aryl methyl sites for hydroxylation is 2. The summed E-state index contributed by atoms with van der Waals surface area (Å²) in [6, 6.07) is 7.29. The van der Waals surface area contributed by atoms with Crippen molar-refractivity contribution in [1.29, 1.82) is 0 Å². The molecule has 0 spiro atoms. The summed E-state index contributed by atoms with van der Waals surface area (Å²) in [5, 5.41) is 3.61. The highest BCUT2D eigenvalue weighted by Gasteiger charge is 2.06. The van der Waals surface area contributed by atoms with Crippen molar-refractivity contribution in [3.05, 3.63) is 34.9 Å². The van der Waals surface area contributed by atoms with Crippen LogP contribution < -0.4 is 5.32 Å². The Hall–Kier alpha value is -0.860. The van der Waals surface area contributed by atoms with Crippen molar-refractivity contribution in [2.45, 2.75) is 47.2 Å². The standard InChI is InChI=1S/C16H28N2/c1-6-18(7-2)12-15(5)17-11-16-9-13(3)8-14(4)10-16/h8-10,15,17H,6-7,11-12H2,1-5H3. The molecule has 1 aromatic rings. The highest BCUT2D eigenvalue weighted by Crippen LogP contribution is 2.08. The minimum absolute atomic E-state index is 0.533. The minimum Gasteiger partial charge on any atom is -0.309 e. The summed E-state index contributed by atoms with van der Waals surface area (Å²) in [7, 11) is 0. The van der Waals surface area contributed by atoms with Crippen LogP contribution >= 0.6 is 0 Å². The summed E-state index contributed by atoms with van der Waals surface area (Å²) in [6.07, 6.45) is 0. The van der Waals surface area contributed by atoms with Crippen LogP contribution in [0.25, 0.3) is 0 Å². The molecule has 0 heterocycles. The van der Waals surface area contributed by atoms with Crippen LogP contribution in [-0.2, 0) is 6.54 Å². The van der Waals surface area contributed by atoms with Gasteiger partial charge in [0.25, 0.3) is 0 Å². The minimum atomic E-state index is 0.533. The molecule has 0 aromatic heterocycles. The normalized spacial score (nSPS) is 13.0. The zero-order chi connectivity index (χ0) is 13.5. The molecule has 0 saturated heterocycles. The lowest BCUT2D eigenvalue weighted by atomic mass is 10.1. The largest absolute Gasteiger partial charge is 0.309 e. The molecule has 0 aliphatic rings. The number of nitrogens with one attached hydrogen (secondary N) is 1. The van der Waals surface area contributed by atoms with Crippen molar-refractivity contribution >= 4 is 0 Å². The summed E-state index contributed by atoms with van der Waals surface area (Å²) in [5.74, 6) is 0. The number of hydrogen-bond donors (Lipinski definition) is 1. The number of benzene rings is 1. The first-order valence-electron chi connectivity index (χ1n) is 7.08. The Labute approximate surface area is 112 Å². The van der Waals surface area contributed by atoms with E-state index in [0.717, 1.165) is 26.2 Å². The van der Waals surface area contributed by atoms with Gasteiger partial charge in [-0.2, -0.15) is 0 Å². The Bertz CT molecular complexity index is 336. The molecule has 0 aliphatic heterocycles. The van der Waals surface area contributed by atoms with Gasteiger partial charge < -0.3 is 10.2 Å². The van der Waals surface area contributed by atoms with E-state index in [4.69, 9.17) is 0 Å². The van der Waals surface area contributed by atoms with Gasteiger partial charge in [-0.25, -0.2) is 0 Å². The van der Waals surface area contributed by atoms with Crippen LogP contribution in [0.4, 0.5) is 0 Å². The van der Waals surface area contributed by atoms with Crippen LogP contribution in [0.3, 0.4) is 0 Å². The second kappa shape index (κ2) is 7.55. The van der Waals surface area contributed by atoms with Gasteiger partial charge in [0.1, 0.15) is 0 Å². The molecule has 2 nitrogen and oxygen atoms in total. The van der Waals surface area contributed by atoms with Gasteiger partial charge in [-0.15, -0.1) is 0 Å². The van der Waals surface area contributed by atoms with E-state index in [2.05, 4.69) is 63.0 Å². The monoisotopic (exact) mass is 248 g/mol. The Morgan fingerprint density at radius 3 is 2.11 bits per heavy atom. The van der Waals surface area contributed by atoms with E-state index < -0.39 is 0 Å². The molecule has 0 aliphatic carbocycles. The van der Waals surface area contributed by atoms with Crippen LogP contribution in [0.1, 0.15) is 37.5 Å². The molecule has 1 unspecified atom stereocenters. The Kier molecular flexibility index (Phi) is 6.37. The Morgan fingerprint density at radius 2 is 1.61 bits per heavy atom. The molecule has 1 N–H and O–H groups in total. The fourth-order valence-electron chi connectivity index (χ4n) is 2.40. The Morgan fingerprint density at radius 1 is 1.06 bits per heavy atom. The van der Waals surface area contributed by atoms with Gasteiger partial charge in [0.15, 0.2) is 0 Å². The summed E-state index contributed by atoms with van der Waals surface area (Å²) < 4.78 is 0. The van der Waals surface area contributed by atoms with Crippen LogP contribution in [0, 0.1) is 13.8 Å². The predicted octanol–water partition coefficient (Wildman–Crippen LogP) is 3.12. The van der Waals surface area contributed by atoms with Crippen molar-refractivity contribution in [1.82, 2.24) is 10.2 Å². The zero-order valence-electron chi connectivity index (χ0n) is 12.6. The molecule has 0 saturated carbocycles. The lowest BCUT2D eigenvalue weighted by Gasteiger charge is -2.23. The number of hydrogen-bond acceptors (Lipinski definition) is 2. The molecule has 0 amide bonds. The molecular weight excluding hydrogens is 220 g/mol. The fraction of sp³-hybridized carbons (Fsp3) is 0.625. The van der Waals surface area contributed by atoms with Gasteiger partial charge in [0.05, 0.1) is 0 Å². The highest BCUT2D eigenvalue weighted by molar-refractivity contribution is 5.28. The number of nitrogens with zero attached hydrogens (tertiary/aromatic N) is 1. The third-order valence-corrected chi connectivity index (χ3v) is 3.36. The van der Waals surface area contributed by atoms with E-state index in [-0.39, 0.29) is 0 Å². The fourth-order valence-corrected chi connectivity index (χ4v) is 2.40. The van der Waals surface area contributed by atoms with Gasteiger partial charge >= 0.3 is 0 Å². The van der Waals surface area contributed by atoms with E-state index in [9.17, 15) is 0 Å². The van der Waals surface area contributed by atoms with E-state index in [1.165, 1.54) is 16.7 Å². The first-order valence-corrected chi connectivity index (χ1v) is 7.08. The van der Waals surface area contributed by atoms with Crippen molar-refractivity contribution in [2.24, 2.45) is 0 Å². The second-order valence-electron chi connectivity index (χ2n) is 5.26. The van der Waals surface area contributed by atoms with Gasteiger partial charge in [-0.05, 0) is 39.4 Å². The second-order valence-corrected chi connectivity index (χ2v) is 5.26. The predicted molar refractivity (Wildman–Crippen MR) is 80.0 cm³/mol. The van der Waals surface area contributed by atoms with Gasteiger partial charge in [0.2, 0.25) is 0 Å². The molecule has 0 fully saturated rings. The summed E-state index contributed by atoms with van der Waals surface area (Å²) >= 11 is 0. The zero-order valence-corrected chi connectivity index (χ0v) is 12.6. The summed E-state index contributed by atoms with van der Waals surface area (Å²) in [4.78, 5) is 2.46. The summed E-state index contributed by atoms with van der Waals surface area (Å²) in [6.45, 7) is 15.4. The third kappa shape index (κ3) is 5.19. The first-order chi connectivity index (χ1) is 8.55. The van der Waals surface area contributed by atoms with Crippen LogP contribution in [0.2, 0.25) is 0 Å². The number of likely N-dealkylation sites (N-methyl/N-ethyl adjacent to an activating group) is 1. The van der Waals surface area contributed by atoms with E-state index in [1.54, 1.807) is 0 Å². The van der Waals surface area contributed by atoms with Crippen LogP contribution in [0.5, 0.6) is 0 Å².